The molecule has 1 heterocycles. The molecule has 1 aromatic rings. The number of hydrogen-bond donors (Lipinski definition) is 2. The van der Waals surface area contributed by atoms with Crippen molar-refractivity contribution in [3.8, 4) is 5.75 Å². The predicted octanol–water partition coefficient (Wildman–Crippen LogP) is 0.866. The summed E-state index contributed by atoms with van der Waals surface area (Å²) in [5.41, 5.74) is 0.482. The van der Waals surface area contributed by atoms with Crippen LogP contribution in [0.25, 0.3) is 0 Å². The Morgan fingerprint density at radius 1 is 1.20 bits per heavy atom. The Kier molecular flexibility index (Phi) is 5.46. The lowest BCUT2D eigenvalue weighted by molar-refractivity contribution is 0.105. The monoisotopic (exact) mass is 277 g/mol. The van der Waals surface area contributed by atoms with Crippen molar-refractivity contribution in [1.29, 1.82) is 0 Å². The van der Waals surface area contributed by atoms with Crippen LogP contribution in [0.2, 0.25) is 0 Å². The van der Waals surface area contributed by atoms with Crippen molar-refractivity contribution >= 4 is 12.6 Å². The minimum absolute atomic E-state index is 0.482. The van der Waals surface area contributed by atoms with Gasteiger partial charge in [0.2, 0.25) is 0 Å². The molecule has 2 N–H and O–H groups in total. The average Bonchev–Trinajstić information content (AvgIpc) is 2.43. The van der Waals surface area contributed by atoms with Gasteiger partial charge in [0.1, 0.15) is 12.4 Å². The smallest absolute Gasteiger partial charge is 0.488 e. The van der Waals surface area contributed by atoms with Gasteiger partial charge in [0.25, 0.3) is 0 Å². The van der Waals surface area contributed by atoms with Gasteiger partial charge in [-0.15, -0.1) is 0 Å². The fraction of sp³-hybridized carbons (Fsp3) is 0.600. The van der Waals surface area contributed by atoms with E-state index in [-0.39, 0.29) is 0 Å². The lowest BCUT2D eigenvalue weighted by Crippen LogP contribution is -2.43. The first-order valence-corrected chi connectivity index (χ1v) is 7.39. The lowest BCUT2D eigenvalue weighted by Gasteiger charge is -2.36. The van der Waals surface area contributed by atoms with E-state index in [9.17, 15) is 0 Å². The topological polar surface area (TPSA) is 52.9 Å². The molecule has 2 rings (SSSR count). The number of rotatable bonds is 5. The Balaban J connectivity index is 1.77. The third-order valence-corrected chi connectivity index (χ3v) is 4.07. The summed E-state index contributed by atoms with van der Waals surface area (Å²) < 4.78 is 5.72. The van der Waals surface area contributed by atoms with Gasteiger partial charge >= 0.3 is 7.12 Å². The van der Waals surface area contributed by atoms with E-state index < -0.39 is 7.12 Å². The summed E-state index contributed by atoms with van der Waals surface area (Å²) in [6.45, 7) is 7.34. The molecule has 5 heteroatoms. The summed E-state index contributed by atoms with van der Waals surface area (Å²) in [5, 5.41) is 18.0. The standard InChI is InChI=1S/C15H24BNO3/c1-12-3-4-13(2)17(11-12)9-10-20-15-7-5-14(6-8-15)16(18)19/h5-8,12-13,18-19H,3-4,9-11H2,1-2H3. The predicted molar refractivity (Wildman–Crippen MR) is 81.2 cm³/mol. The molecule has 110 valence electrons. The van der Waals surface area contributed by atoms with Crippen molar-refractivity contribution in [3.63, 3.8) is 0 Å². The first-order chi connectivity index (χ1) is 9.56. The molecular formula is C15H24BNO3. The Morgan fingerprint density at radius 2 is 1.90 bits per heavy atom. The van der Waals surface area contributed by atoms with Crippen LogP contribution in [0.3, 0.4) is 0 Å². The molecule has 2 unspecified atom stereocenters. The Labute approximate surface area is 121 Å². The van der Waals surface area contributed by atoms with Crippen LogP contribution in [0, 0.1) is 5.92 Å². The number of piperidine rings is 1. The van der Waals surface area contributed by atoms with Crippen molar-refractivity contribution in [2.24, 2.45) is 5.92 Å². The highest BCUT2D eigenvalue weighted by Gasteiger charge is 2.22. The van der Waals surface area contributed by atoms with Gasteiger partial charge < -0.3 is 14.8 Å². The molecule has 0 bridgehead atoms. The van der Waals surface area contributed by atoms with Gasteiger partial charge in [-0.1, -0.05) is 19.1 Å². The van der Waals surface area contributed by atoms with Crippen molar-refractivity contribution < 1.29 is 14.8 Å². The van der Waals surface area contributed by atoms with E-state index in [2.05, 4.69) is 18.7 Å². The summed E-state index contributed by atoms with van der Waals surface area (Å²) >= 11 is 0. The number of benzene rings is 1. The van der Waals surface area contributed by atoms with Gasteiger partial charge in [0.05, 0.1) is 0 Å². The van der Waals surface area contributed by atoms with Gasteiger partial charge in [0, 0.05) is 19.1 Å². The number of likely N-dealkylation sites (tertiary alicyclic amines) is 1. The number of nitrogens with zero attached hydrogens (tertiary/aromatic N) is 1. The molecular weight excluding hydrogens is 253 g/mol. The van der Waals surface area contributed by atoms with Gasteiger partial charge in [0.15, 0.2) is 0 Å². The van der Waals surface area contributed by atoms with Crippen molar-refractivity contribution in [1.82, 2.24) is 4.90 Å². The van der Waals surface area contributed by atoms with Crippen LogP contribution in [0.1, 0.15) is 26.7 Å². The second-order valence-electron chi connectivity index (χ2n) is 5.82. The van der Waals surface area contributed by atoms with Crippen LogP contribution >= 0.6 is 0 Å². The van der Waals surface area contributed by atoms with Crippen LogP contribution < -0.4 is 10.2 Å². The molecule has 1 saturated heterocycles. The summed E-state index contributed by atoms with van der Waals surface area (Å²) in [7, 11) is -1.42. The molecule has 0 saturated carbocycles. The number of ether oxygens (including phenoxy) is 1. The summed E-state index contributed by atoms with van der Waals surface area (Å²) in [5.74, 6) is 1.55. The van der Waals surface area contributed by atoms with Crippen LogP contribution in [-0.4, -0.2) is 47.8 Å². The maximum atomic E-state index is 9.02. The van der Waals surface area contributed by atoms with E-state index in [1.54, 1.807) is 24.3 Å². The largest absolute Gasteiger partial charge is 0.492 e. The Morgan fingerprint density at radius 3 is 2.55 bits per heavy atom. The molecule has 2 atom stereocenters. The molecule has 0 radical (unpaired) electrons. The zero-order chi connectivity index (χ0) is 14.5. The molecule has 0 amide bonds. The van der Waals surface area contributed by atoms with Crippen LogP contribution in [0.5, 0.6) is 5.75 Å². The highest BCUT2D eigenvalue weighted by molar-refractivity contribution is 6.58. The van der Waals surface area contributed by atoms with E-state index in [0.29, 0.717) is 18.1 Å². The fourth-order valence-electron chi connectivity index (χ4n) is 2.71. The van der Waals surface area contributed by atoms with Gasteiger partial charge in [-0.25, -0.2) is 0 Å². The SMILES string of the molecule is CC1CCC(C)N(CCOc2ccc(B(O)O)cc2)C1. The lowest BCUT2D eigenvalue weighted by atomic mass is 9.80. The minimum atomic E-state index is -1.42. The van der Waals surface area contributed by atoms with Crippen molar-refractivity contribution in [2.75, 3.05) is 19.7 Å². The maximum absolute atomic E-state index is 9.02. The first-order valence-electron chi connectivity index (χ1n) is 7.39. The molecule has 0 aliphatic carbocycles. The van der Waals surface area contributed by atoms with E-state index in [1.807, 2.05) is 0 Å². The minimum Gasteiger partial charge on any atom is -0.492 e. The second kappa shape index (κ2) is 7.11. The van der Waals surface area contributed by atoms with Crippen molar-refractivity contribution in [2.45, 2.75) is 32.7 Å². The highest BCUT2D eigenvalue weighted by Crippen LogP contribution is 2.20. The van der Waals surface area contributed by atoms with Crippen LogP contribution in [-0.2, 0) is 0 Å². The van der Waals surface area contributed by atoms with E-state index in [0.717, 1.165) is 24.8 Å². The molecule has 20 heavy (non-hydrogen) atoms. The van der Waals surface area contributed by atoms with Gasteiger partial charge in [-0.05, 0) is 43.3 Å². The first kappa shape index (κ1) is 15.4. The summed E-state index contributed by atoms with van der Waals surface area (Å²) in [6, 6.07) is 7.53. The molecule has 1 aromatic carbocycles. The molecule has 0 spiro atoms. The quantitative estimate of drug-likeness (QED) is 0.784. The molecule has 1 aliphatic heterocycles. The summed E-state index contributed by atoms with van der Waals surface area (Å²) in [4.78, 5) is 2.49. The van der Waals surface area contributed by atoms with Crippen LogP contribution in [0.15, 0.2) is 24.3 Å². The molecule has 4 nitrogen and oxygen atoms in total. The highest BCUT2D eigenvalue weighted by atomic mass is 16.5. The molecule has 1 aliphatic rings. The normalized spacial score (nSPS) is 23.6. The average molecular weight is 277 g/mol. The van der Waals surface area contributed by atoms with E-state index in [4.69, 9.17) is 14.8 Å². The fourth-order valence-corrected chi connectivity index (χ4v) is 2.71. The van der Waals surface area contributed by atoms with Gasteiger partial charge in [-0.2, -0.15) is 0 Å². The molecule has 1 fully saturated rings. The van der Waals surface area contributed by atoms with Gasteiger partial charge in [-0.3, -0.25) is 4.90 Å². The molecule has 0 aromatic heterocycles. The number of hydrogen-bond acceptors (Lipinski definition) is 4. The maximum Gasteiger partial charge on any atom is 0.488 e. The zero-order valence-corrected chi connectivity index (χ0v) is 12.3. The Hall–Kier alpha value is -1.04. The van der Waals surface area contributed by atoms with Crippen molar-refractivity contribution in [3.05, 3.63) is 24.3 Å². The second-order valence-corrected chi connectivity index (χ2v) is 5.82. The third-order valence-electron chi connectivity index (χ3n) is 4.07. The van der Waals surface area contributed by atoms with E-state index >= 15 is 0 Å². The summed E-state index contributed by atoms with van der Waals surface area (Å²) in [6.07, 6.45) is 2.59. The van der Waals surface area contributed by atoms with Crippen LogP contribution in [0.4, 0.5) is 0 Å². The van der Waals surface area contributed by atoms with E-state index in [1.165, 1.54) is 12.8 Å². The third kappa shape index (κ3) is 4.23. The Bertz CT molecular complexity index is 410. The zero-order valence-electron chi connectivity index (χ0n) is 12.3.